The van der Waals surface area contributed by atoms with Gasteiger partial charge in [0.15, 0.2) is 5.82 Å². The van der Waals surface area contributed by atoms with Crippen molar-refractivity contribution in [3.63, 3.8) is 0 Å². The van der Waals surface area contributed by atoms with E-state index in [2.05, 4.69) is 15.4 Å². The number of urea groups is 1. The van der Waals surface area contributed by atoms with Crippen LogP contribution >= 0.6 is 0 Å². The lowest BCUT2D eigenvalue weighted by atomic mass is 9.96. The van der Waals surface area contributed by atoms with Crippen LogP contribution in [0.25, 0.3) is 0 Å². The van der Waals surface area contributed by atoms with Gasteiger partial charge in [-0.3, -0.25) is 15.0 Å². The molecule has 2 aromatic heterocycles. The summed E-state index contributed by atoms with van der Waals surface area (Å²) in [7, 11) is 0. The molecule has 2 N–H and O–H groups in total. The van der Waals surface area contributed by atoms with E-state index >= 15 is 0 Å². The number of aliphatic hydroxyl groups is 1. The van der Waals surface area contributed by atoms with E-state index in [0.29, 0.717) is 18.9 Å². The number of aromatic nitrogens is 3. The van der Waals surface area contributed by atoms with Crippen molar-refractivity contribution >= 4 is 11.8 Å². The number of aryl methyl sites for hydroxylation is 2. The highest BCUT2D eigenvalue weighted by atomic mass is 16.3. The molecule has 2 unspecified atom stereocenters. The summed E-state index contributed by atoms with van der Waals surface area (Å²) >= 11 is 0. The van der Waals surface area contributed by atoms with Crippen LogP contribution in [0.5, 0.6) is 0 Å². The van der Waals surface area contributed by atoms with Crippen molar-refractivity contribution < 1.29 is 9.90 Å². The quantitative estimate of drug-likeness (QED) is 0.895. The van der Waals surface area contributed by atoms with E-state index in [1.54, 1.807) is 23.4 Å². The Hall–Kier alpha value is -2.41. The van der Waals surface area contributed by atoms with Crippen molar-refractivity contribution in [1.82, 2.24) is 19.7 Å². The summed E-state index contributed by atoms with van der Waals surface area (Å²) in [5.41, 5.74) is 1.20. The molecule has 1 saturated heterocycles. The van der Waals surface area contributed by atoms with Crippen LogP contribution < -0.4 is 5.32 Å². The molecule has 1 fully saturated rings. The molecule has 0 spiro atoms. The van der Waals surface area contributed by atoms with Gasteiger partial charge in [0.1, 0.15) is 0 Å². The maximum Gasteiger partial charge on any atom is 0.323 e. The van der Waals surface area contributed by atoms with Gasteiger partial charge in [-0.25, -0.2) is 4.79 Å². The fraction of sp³-hybridized carbons (Fsp3) is 0.471. The molecule has 0 bridgehead atoms. The summed E-state index contributed by atoms with van der Waals surface area (Å²) in [6.45, 7) is 3.77. The number of anilines is 1. The summed E-state index contributed by atoms with van der Waals surface area (Å²) in [6, 6.07) is 5.54. The van der Waals surface area contributed by atoms with Gasteiger partial charge in [0.2, 0.25) is 0 Å². The van der Waals surface area contributed by atoms with E-state index < -0.39 is 6.10 Å². The molecule has 7 nitrogen and oxygen atoms in total. The Morgan fingerprint density at radius 2 is 2.17 bits per heavy atom. The maximum atomic E-state index is 12.3. The number of rotatable bonds is 4. The number of amides is 2. The molecule has 128 valence electrons. The predicted octanol–water partition coefficient (Wildman–Crippen LogP) is 1.76. The van der Waals surface area contributed by atoms with E-state index in [4.69, 9.17) is 0 Å². The summed E-state index contributed by atoms with van der Waals surface area (Å²) in [5, 5.41) is 17.1. The Kier molecular flexibility index (Phi) is 5.10. The molecule has 3 heterocycles. The molecule has 0 aromatic carbocycles. The second-order valence-corrected chi connectivity index (χ2v) is 6.28. The van der Waals surface area contributed by atoms with Crippen LogP contribution in [0.2, 0.25) is 0 Å². The monoisotopic (exact) mass is 329 g/mol. The average Bonchev–Trinajstić information content (AvgIpc) is 3.04. The van der Waals surface area contributed by atoms with Gasteiger partial charge in [0.05, 0.1) is 6.10 Å². The summed E-state index contributed by atoms with van der Waals surface area (Å²) < 4.78 is 1.81. The normalized spacial score (nSPS) is 20.8. The number of hydrogen-bond acceptors (Lipinski definition) is 4. The van der Waals surface area contributed by atoms with E-state index in [-0.39, 0.29) is 11.9 Å². The third-order valence-corrected chi connectivity index (χ3v) is 4.46. The van der Waals surface area contributed by atoms with Crippen LogP contribution in [0.15, 0.2) is 36.8 Å². The first-order valence-corrected chi connectivity index (χ1v) is 8.28. The van der Waals surface area contributed by atoms with Gasteiger partial charge in [-0.2, -0.15) is 5.10 Å². The molecule has 1 aliphatic heterocycles. The molecular formula is C17H23N5O2. The molecule has 2 atom stereocenters. The topological polar surface area (TPSA) is 83.3 Å². The number of carbonyl (C=O) groups is 1. The number of nitrogens with zero attached hydrogens (tertiary/aromatic N) is 4. The minimum absolute atomic E-state index is 0.208. The van der Waals surface area contributed by atoms with E-state index in [0.717, 1.165) is 19.4 Å². The highest BCUT2D eigenvalue weighted by Gasteiger charge is 2.27. The molecule has 7 heteroatoms. The predicted molar refractivity (Wildman–Crippen MR) is 90.5 cm³/mol. The Bertz CT molecular complexity index is 673. The number of β-amino-alcohol motifs (C(OH)–C–C–N with tert-alkyl or cyclic N) is 1. The number of carbonyl (C=O) groups excluding carboxylic acids is 1. The Balaban J connectivity index is 1.51. The zero-order chi connectivity index (χ0) is 16.9. The molecule has 2 amide bonds. The number of nitrogens with one attached hydrogen (secondary N) is 1. The van der Waals surface area contributed by atoms with Gasteiger partial charge >= 0.3 is 6.03 Å². The minimum Gasteiger partial charge on any atom is -0.391 e. The first-order valence-electron chi connectivity index (χ1n) is 8.28. The van der Waals surface area contributed by atoms with Gasteiger partial charge in [-0.1, -0.05) is 6.92 Å². The Morgan fingerprint density at radius 3 is 2.92 bits per heavy atom. The van der Waals surface area contributed by atoms with Crippen LogP contribution in [-0.4, -0.2) is 50.0 Å². The van der Waals surface area contributed by atoms with Gasteiger partial charge in [-0.15, -0.1) is 0 Å². The van der Waals surface area contributed by atoms with Crippen molar-refractivity contribution in [3.05, 3.63) is 42.4 Å². The van der Waals surface area contributed by atoms with Crippen molar-refractivity contribution in [3.8, 4) is 0 Å². The van der Waals surface area contributed by atoms with E-state index in [1.165, 1.54) is 5.56 Å². The van der Waals surface area contributed by atoms with E-state index in [1.807, 2.05) is 29.9 Å². The lowest BCUT2D eigenvalue weighted by Gasteiger charge is -2.33. The lowest BCUT2D eigenvalue weighted by molar-refractivity contribution is 0.0463. The van der Waals surface area contributed by atoms with Crippen LogP contribution in [0.3, 0.4) is 0 Å². The minimum atomic E-state index is -0.456. The average molecular weight is 329 g/mol. The van der Waals surface area contributed by atoms with Crippen LogP contribution in [0, 0.1) is 5.92 Å². The third kappa shape index (κ3) is 4.11. The number of hydrogen-bond donors (Lipinski definition) is 2. The van der Waals surface area contributed by atoms with Crippen molar-refractivity contribution in [1.29, 1.82) is 0 Å². The van der Waals surface area contributed by atoms with Crippen LogP contribution in [-0.2, 0) is 13.0 Å². The number of piperidine rings is 1. The maximum absolute atomic E-state index is 12.3. The second kappa shape index (κ2) is 7.44. The summed E-state index contributed by atoms with van der Waals surface area (Å²) in [6.07, 6.45) is 6.62. The fourth-order valence-electron chi connectivity index (χ4n) is 2.77. The first-order chi connectivity index (χ1) is 11.6. The first kappa shape index (κ1) is 16.4. The fourth-order valence-corrected chi connectivity index (χ4v) is 2.77. The van der Waals surface area contributed by atoms with Gasteiger partial charge in [0.25, 0.3) is 0 Å². The van der Waals surface area contributed by atoms with Crippen molar-refractivity contribution in [2.45, 2.75) is 32.4 Å². The molecule has 1 aliphatic rings. The van der Waals surface area contributed by atoms with Crippen LogP contribution in [0.1, 0.15) is 18.9 Å². The zero-order valence-electron chi connectivity index (χ0n) is 13.8. The lowest BCUT2D eigenvalue weighted by Crippen LogP contribution is -2.47. The molecule has 24 heavy (non-hydrogen) atoms. The molecule has 0 aliphatic carbocycles. The molecule has 2 aromatic rings. The number of aliphatic hydroxyl groups excluding tert-OH is 1. The third-order valence-electron chi connectivity index (χ3n) is 4.46. The Labute approximate surface area is 141 Å². The molecule has 0 saturated carbocycles. The number of likely N-dealkylation sites (tertiary alicyclic amines) is 1. The standard InChI is InChI=1S/C17H23N5O2/c1-13-4-9-21(12-15(13)23)17(24)19-16-6-11-22(20-16)10-5-14-2-7-18-8-3-14/h2-3,6-8,11,13,15,23H,4-5,9-10,12H2,1H3,(H,19,20,24). The summed E-state index contributed by atoms with van der Waals surface area (Å²) in [4.78, 5) is 17.9. The van der Waals surface area contributed by atoms with Gasteiger partial charge in [0, 0.05) is 44.3 Å². The van der Waals surface area contributed by atoms with E-state index in [9.17, 15) is 9.90 Å². The summed E-state index contributed by atoms with van der Waals surface area (Å²) in [5.74, 6) is 0.768. The van der Waals surface area contributed by atoms with Gasteiger partial charge < -0.3 is 10.0 Å². The zero-order valence-corrected chi connectivity index (χ0v) is 13.8. The number of pyridine rings is 1. The van der Waals surface area contributed by atoms with Crippen LogP contribution in [0.4, 0.5) is 10.6 Å². The van der Waals surface area contributed by atoms with Crippen molar-refractivity contribution in [2.75, 3.05) is 18.4 Å². The highest BCUT2D eigenvalue weighted by molar-refractivity contribution is 5.88. The SMILES string of the molecule is CC1CCN(C(=O)Nc2ccn(CCc3ccncc3)n2)CC1O. The largest absolute Gasteiger partial charge is 0.391 e. The smallest absolute Gasteiger partial charge is 0.323 e. The second-order valence-electron chi connectivity index (χ2n) is 6.28. The Morgan fingerprint density at radius 1 is 1.38 bits per heavy atom. The van der Waals surface area contributed by atoms with Crippen molar-refractivity contribution in [2.24, 2.45) is 5.92 Å². The molecule has 3 rings (SSSR count). The molecular weight excluding hydrogens is 306 g/mol. The molecule has 0 radical (unpaired) electrons. The highest BCUT2D eigenvalue weighted by Crippen LogP contribution is 2.17. The van der Waals surface area contributed by atoms with Gasteiger partial charge in [-0.05, 0) is 36.5 Å².